The van der Waals surface area contributed by atoms with Gasteiger partial charge in [-0.05, 0) is 65.2 Å². The number of hydrogen-bond donors (Lipinski definition) is 1. The molecule has 0 amide bonds. The lowest BCUT2D eigenvalue weighted by Crippen LogP contribution is -2.33. The first-order chi connectivity index (χ1) is 9.56. The molecule has 0 spiro atoms. The highest BCUT2D eigenvalue weighted by atomic mass is 15.0. The Morgan fingerprint density at radius 3 is 2.15 bits per heavy atom. The maximum absolute atomic E-state index is 3.57. The third kappa shape index (κ3) is 17.9. The summed E-state index contributed by atoms with van der Waals surface area (Å²) in [6, 6.07) is 0.839. The van der Waals surface area contributed by atoms with Crippen LogP contribution in [0.15, 0.2) is 0 Å². The molecule has 20 heavy (non-hydrogen) atoms. The minimum atomic E-state index is 0.839. The summed E-state index contributed by atoms with van der Waals surface area (Å²) in [4.78, 5) is 2.21. The molecule has 1 aliphatic rings. The molecule has 0 aromatic rings. The summed E-state index contributed by atoms with van der Waals surface area (Å²) in [5.74, 6) is 0.874. The lowest BCUT2D eigenvalue weighted by molar-refractivity contribution is 0.358. The Labute approximate surface area is 129 Å². The molecule has 2 nitrogen and oxygen atoms in total. The van der Waals surface area contributed by atoms with E-state index >= 15 is 0 Å². The molecular formula is C18H42N2. The van der Waals surface area contributed by atoms with Gasteiger partial charge in [0.2, 0.25) is 0 Å². The van der Waals surface area contributed by atoms with Crippen molar-refractivity contribution in [1.29, 1.82) is 0 Å². The van der Waals surface area contributed by atoms with Crippen LogP contribution in [0.3, 0.4) is 0 Å². The van der Waals surface area contributed by atoms with Crippen LogP contribution < -0.4 is 5.32 Å². The maximum Gasteiger partial charge on any atom is 0.00671 e. The third-order valence-electron chi connectivity index (χ3n) is 3.46. The van der Waals surface area contributed by atoms with Gasteiger partial charge in [0, 0.05) is 6.04 Å². The average Bonchev–Trinajstić information content (AvgIpc) is 2.47. The Balaban J connectivity index is 0. The lowest BCUT2D eigenvalue weighted by Gasteiger charge is -2.23. The van der Waals surface area contributed by atoms with Crippen LogP contribution in [0.5, 0.6) is 0 Å². The summed E-state index contributed by atoms with van der Waals surface area (Å²) in [5.41, 5.74) is 0. The van der Waals surface area contributed by atoms with E-state index in [-0.39, 0.29) is 0 Å². The Bertz CT molecular complexity index is 161. The molecule has 0 bridgehead atoms. The molecule has 1 atom stereocenters. The molecule has 1 unspecified atom stereocenters. The number of rotatable bonds is 6. The van der Waals surface area contributed by atoms with Crippen LogP contribution in [-0.2, 0) is 0 Å². The number of piperidine rings is 1. The Kier molecular flexibility index (Phi) is 18.8. The molecule has 0 aliphatic carbocycles. The van der Waals surface area contributed by atoms with Crippen LogP contribution in [0.25, 0.3) is 0 Å². The number of nitrogens with one attached hydrogen (secondary N) is 1. The van der Waals surface area contributed by atoms with Crippen LogP contribution in [-0.4, -0.2) is 38.1 Å². The number of hydrogen-bond acceptors (Lipinski definition) is 2. The first-order valence-corrected chi connectivity index (χ1v) is 8.94. The normalized spacial score (nSPS) is 18.1. The molecule has 1 aliphatic heterocycles. The average molecular weight is 287 g/mol. The van der Waals surface area contributed by atoms with E-state index in [2.05, 4.69) is 45.1 Å². The van der Waals surface area contributed by atoms with Crippen LogP contribution in [0.4, 0.5) is 0 Å². The van der Waals surface area contributed by atoms with Gasteiger partial charge in [0.25, 0.3) is 0 Å². The number of nitrogens with zero attached hydrogens (tertiary/aromatic N) is 1. The quantitative estimate of drug-likeness (QED) is 0.744. The zero-order valence-electron chi connectivity index (χ0n) is 15.5. The van der Waals surface area contributed by atoms with E-state index in [1.54, 1.807) is 0 Å². The fraction of sp³-hybridized carbons (Fsp3) is 1.00. The lowest BCUT2D eigenvalue weighted by atomic mass is 9.97. The SMILES string of the molecule is CC.CC(C)CCC1CCCCN1.CCCCN(C)C. The third-order valence-corrected chi connectivity index (χ3v) is 3.46. The van der Waals surface area contributed by atoms with E-state index in [1.807, 2.05) is 13.8 Å². The van der Waals surface area contributed by atoms with E-state index in [4.69, 9.17) is 0 Å². The van der Waals surface area contributed by atoms with Crippen LogP contribution in [0.2, 0.25) is 0 Å². The standard InChI is InChI=1S/C10H21N.C6H15N.C2H6/c1-9(2)6-7-10-5-3-4-8-11-10;1-4-5-6-7(2)3;1-2/h9-11H,3-8H2,1-2H3;4-6H2,1-3H3;1-2H3. The molecule has 1 fully saturated rings. The van der Waals surface area contributed by atoms with E-state index in [0.717, 1.165) is 12.0 Å². The highest BCUT2D eigenvalue weighted by Gasteiger charge is 2.11. The second-order valence-electron chi connectivity index (χ2n) is 6.27. The predicted molar refractivity (Wildman–Crippen MR) is 94.5 cm³/mol. The van der Waals surface area contributed by atoms with Crippen molar-refractivity contribution in [3.8, 4) is 0 Å². The summed E-state index contributed by atoms with van der Waals surface area (Å²) in [6.45, 7) is 13.3. The first-order valence-electron chi connectivity index (χ1n) is 8.94. The second kappa shape index (κ2) is 17.0. The van der Waals surface area contributed by atoms with Crippen LogP contribution >= 0.6 is 0 Å². The largest absolute Gasteiger partial charge is 0.314 e. The molecule has 0 aromatic carbocycles. The highest BCUT2D eigenvalue weighted by molar-refractivity contribution is 4.72. The molecule has 1 N–H and O–H groups in total. The highest BCUT2D eigenvalue weighted by Crippen LogP contribution is 2.14. The van der Waals surface area contributed by atoms with Crippen molar-refractivity contribution in [2.45, 2.75) is 85.6 Å². The monoisotopic (exact) mass is 286 g/mol. The van der Waals surface area contributed by atoms with Gasteiger partial charge in [-0.25, -0.2) is 0 Å². The zero-order valence-corrected chi connectivity index (χ0v) is 15.5. The van der Waals surface area contributed by atoms with Gasteiger partial charge >= 0.3 is 0 Å². The van der Waals surface area contributed by atoms with Crippen molar-refractivity contribution in [1.82, 2.24) is 10.2 Å². The molecule has 0 radical (unpaired) electrons. The van der Waals surface area contributed by atoms with Gasteiger partial charge in [0.1, 0.15) is 0 Å². The van der Waals surface area contributed by atoms with Gasteiger partial charge in [-0.1, -0.05) is 47.5 Å². The van der Waals surface area contributed by atoms with Gasteiger partial charge in [-0.2, -0.15) is 0 Å². The molecule has 124 valence electrons. The Hall–Kier alpha value is -0.0800. The molecule has 0 aromatic heterocycles. The second-order valence-corrected chi connectivity index (χ2v) is 6.27. The van der Waals surface area contributed by atoms with Crippen molar-refractivity contribution >= 4 is 0 Å². The van der Waals surface area contributed by atoms with Crippen LogP contribution in [0, 0.1) is 5.92 Å². The van der Waals surface area contributed by atoms with Gasteiger partial charge in [-0.3, -0.25) is 0 Å². The summed E-state index contributed by atoms with van der Waals surface area (Å²) in [5, 5.41) is 3.57. The Morgan fingerprint density at radius 2 is 1.80 bits per heavy atom. The molecule has 1 saturated heterocycles. The van der Waals surface area contributed by atoms with Crippen molar-refractivity contribution in [3.63, 3.8) is 0 Å². The van der Waals surface area contributed by atoms with Crippen molar-refractivity contribution in [2.75, 3.05) is 27.2 Å². The molecule has 2 heteroatoms. The van der Waals surface area contributed by atoms with E-state index in [1.165, 1.54) is 58.0 Å². The predicted octanol–water partition coefficient (Wildman–Crippen LogP) is 4.94. The van der Waals surface area contributed by atoms with Gasteiger partial charge in [0.15, 0.2) is 0 Å². The fourth-order valence-corrected chi connectivity index (χ4v) is 2.18. The van der Waals surface area contributed by atoms with Crippen LogP contribution in [0.1, 0.15) is 79.6 Å². The van der Waals surface area contributed by atoms with Gasteiger partial charge in [0.05, 0.1) is 0 Å². The smallest absolute Gasteiger partial charge is 0.00671 e. The summed E-state index contributed by atoms with van der Waals surface area (Å²) >= 11 is 0. The fourth-order valence-electron chi connectivity index (χ4n) is 2.18. The number of unbranched alkanes of at least 4 members (excludes halogenated alkanes) is 1. The topological polar surface area (TPSA) is 15.3 Å². The maximum atomic E-state index is 3.57. The van der Waals surface area contributed by atoms with Crippen molar-refractivity contribution in [2.24, 2.45) is 5.92 Å². The Morgan fingerprint density at radius 1 is 1.15 bits per heavy atom. The van der Waals surface area contributed by atoms with E-state index in [9.17, 15) is 0 Å². The van der Waals surface area contributed by atoms with E-state index < -0.39 is 0 Å². The first kappa shape index (κ1) is 22.2. The summed E-state index contributed by atoms with van der Waals surface area (Å²) < 4.78 is 0. The zero-order chi connectivity index (χ0) is 15.8. The molecule has 1 heterocycles. The molecule has 1 rings (SSSR count). The molecule has 0 saturated carbocycles. The van der Waals surface area contributed by atoms with Crippen molar-refractivity contribution in [3.05, 3.63) is 0 Å². The molecular weight excluding hydrogens is 244 g/mol. The van der Waals surface area contributed by atoms with Gasteiger partial charge in [-0.15, -0.1) is 0 Å². The summed E-state index contributed by atoms with van der Waals surface area (Å²) in [7, 11) is 4.21. The van der Waals surface area contributed by atoms with E-state index in [0.29, 0.717) is 0 Å². The summed E-state index contributed by atoms with van der Waals surface area (Å²) in [6.07, 6.45) is 9.64. The minimum absolute atomic E-state index is 0.839. The van der Waals surface area contributed by atoms with Gasteiger partial charge < -0.3 is 10.2 Å². The van der Waals surface area contributed by atoms with Crippen molar-refractivity contribution < 1.29 is 0 Å². The minimum Gasteiger partial charge on any atom is -0.314 e.